The highest BCUT2D eigenvalue weighted by atomic mass is 35.5. The number of anilines is 1. The van der Waals surface area contributed by atoms with Crippen molar-refractivity contribution in [3.63, 3.8) is 0 Å². The van der Waals surface area contributed by atoms with Gasteiger partial charge in [-0.25, -0.2) is 9.97 Å². The molecule has 2 heterocycles. The first-order valence-electron chi connectivity index (χ1n) is 3.90. The Morgan fingerprint density at radius 1 is 1.40 bits per heavy atom. The first-order valence-corrected chi connectivity index (χ1v) is 5.92. The minimum absolute atomic E-state index is 0.274. The molecule has 2 rings (SSSR count). The molecule has 0 fully saturated rings. The van der Waals surface area contributed by atoms with E-state index >= 15 is 0 Å². The summed E-state index contributed by atoms with van der Waals surface area (Å²) >= 11 is 8.74. The zero-order valence-corrected chi connectivity index (χ0v) is 10.0. The van der Waals surface area contributed by atoms with Gasteiger partial charge in [0.15, 0.2) is 4.34 Å². The van der Waals surface area contributed by atoms with Crippen LogP contribution in [0.4, 0.5) is 5.82 Å². The summed E-state index contributed by atoms with van der Waals surface area (Å²) in [5, 5.41) is 9.70. The molecular weight excluding hydrogens is 254 g/mol. The monoisotopic (exact) mass is 259 g/mol. The van der Waals surface area contributed by atoms with Gasteiger partial charge in [-0.05, 0) is 18.7 Å². The summed E-state index contributed by atoms with van der Waals surface area (Å²) in [6.45, 7) is 1.89. The lowest BCUT2D eigenvalue weighted by atomic mass is 10.6. The number of nitrogen functional groups attached to an aromatic ring is 1. The number of rotatable bonds is 2. The number of aryl methyl sites for hydroxylation is 1. The molecule has 2 aromatic rings. The van der Waals surface area contributed by atoms with Crippen LogP contribution in [0.5, 0.6) is 0 Å². The Hall–Kier alpha value is -0.920. The molecule has 0 saturated heterocycles. The van der Waals surface area contributed by atoms with Crippen molar-refractivity contribution in [1.82, 2.24) is 20.2 Å². The highest BCUT2D eigenvalue weighted by molar-refractivity contribution is 8.01. The molecule has 0 aromatic carbocycles. The summed E-state index contributed by atoms with van der Waals surface area (Å²) in [4.78, 5) is 7.80. The van der Waals surface area contributed by atoms with Crippen LogP contribution in [0.3, 0.4) is 0 Å². The van der Waals surface area contributed by atoms with Crippen LogP contribution in [0.1, 0.15) is 5.01 Å². The summed E-state index contributed by atoms with van der Waals surface area (Å²) < 4.78 is 0.785. The third-order valence-corrected chi connectivity index (χ3v) is 3.85. The Balaban J connectivity index is 2.28. The number of halogens is 1. The first-order chi connectivity index (χ1) is 7.16. The molecule has 0 radical (unpaired) electrons. The Labute approximate surface area is 99.1 Å². The molecular formula is C7H6ClN5S2. The van der Waals surface area contributed by atoms with E-state index < -0.39 is 0 Å². The van der Waals surface area contributed by atoms with Crippen LogP contribution in [-0.2, 0) is 0 Å². The van der Waals surface area contributed by atoms with Gasteiger partial charge < -0.3 is 5.73 Å². The van der Waals surface area contributed by atoms with Gasteiger partial charge in [0, 0.05) is 0 Å². The quantitative estimate of drug-likeness (QED) is 0.832. The van der Waals surface area contributed by atoms with Gasteiger partial charge in [0.05, 0.1) is 0 Å². The molecule has 0 bridgehead atoms. The second kappa shape index (κ2) is 4.30. The van der Waals surface area contributed by atoms with Gasteiger partial charge in [-0.3, -0.25) is 0 Å². The number of nitrogens with two attached hydrogens (primary N) is 1. The molecule has 0 aliphatic heterocycles. The Kier molecular flexibility index (Phi) is 3.03. The van der Waals surface area contributed by atoms with E-state index in [1.807, 2.05) is 6.92 Å². The fourth-order valence-corrected chi connectivity index (χ4v) is 2.78. The fourth-order valence-electron chi connectivity index (χ4n) is 0.840. The topological polar surface area (TPSA) is 77.6 Å². The van der Waals surface area contributed by atoms with Crippen LogP contribution in [0.2, 0.25) is 5.02 Å². The van der Waals surface area contributed by atoms with E-state index in [-0.39, 0.29) is 5.82 Å². The maximum atomic E-state index is 5.94. The second-order valence-corrected chi connectivity index (χ2v) is 5.36. The second-order valence-electron chi connectivity index (χ2n) is 2.57. The summed E-state index contributed by atoms with van der Waals surface area (Å²) in [6.07, 6.45) is 1.37. The fraction of sp³-hybridized carbons (Fsp3) is 0.143. The van der Waals surface area contributed by atoms with Crippen LogP contribution < -0.4 is 5.73 Å². The summed E-state index contributed by atoms with van der Waals surface area (Å²) in [6, 6.07) is 0. The van der Waals surface area contributed by atoms with E-state index in [1.54, 1.807) is 0 Å². The van der Waals surface area contributed by atoms with Gasteiger partial charge in [-0.2, -0.15) is 0 Å². The smallest absolute Gasteiger partial charge is 0.180 e. The lowest BCUT2D eigenvalue weighted by Crippen LogP contribution is -1.94. The average molecular weight is 260 g/mol. The molecule has 5 nitrogen and oxygen atoms in total. The van der Waals surface area contributed by atoms with E-state index in [0.29, 0.717) is 10.0 Å². The third-order valence-electron chi connectivity index (χ3n) is 1.48. The SMILES string of the molecule is Cc1nnc(Sc2ncnc(N)c2Cl)s1. The van der Waals surface area contributed by atoms with E-state index in [0.717, 1.165) is 9.35 Å². The van der Waals surface area contributed by atoms with Crippen molar-refractivity contribution >= 4 is 40.5 Å². The zero-order valence-electron chi connectivity index (χ0n) is 7.64. The molecule has 0 spiro atoms. The van der Waals surface area contributed by atoms with Crippen molar-refractivity contribution in [3.8, 4) is 0 Å². The maximum absolute atomic E-state index is 5.94. The average Bonchev–Trinajstić information content (AvgIpc) is 2.59. The van der Waals surface area contributed by atoms with Crippen LogP contribution in [0.15, 0.2) is 15.7 Å². The normalized spacial score (nSPS) is 10.5. The molecule has 78 valence electrons. The van der Waals surface area contributed by atoms with Gasteiger partial charge in [-0.1, -0.05) is 22.9 Å². The molecule has 2 N–H and O–H groups in total. The van der Waals surface area contributed by atoms with Crippen LogP contribution in [-0.4, -0.2) is 20.2 Å². The molecule has 15 heavy (non-hydrogen) atoms. The highest BCUT2D eigenvalue weighted by Gasteiger charge is 2.10. The van der Waals surface area contributed by atoms with Crippen LogP contribution in [0, 0.1) is 6.92 Å². The first kappa shape index (κ1) is 10.6. The lowest BCUT2D eigenvalue weighted by Gasteiger charge is -2.00. The van der Waals surface area contributed by atoms with Gasteiger partial charge in [-0.15, -0.1) is 10.2 Å². The molecule has 0 aliphatic rings. The number of aromatic nitrogens is 4. The van der Waals surface area contributed by atoms with Gasteiger partial charge in [0.1, 0.15) is 27.2 Å². The van der Waals surface area contributed by atoms with Crippen LogP contribution >= 0.6 is 34.7 Å². The third kappa shape index (κ3) is 2.36. The molecule has 8 heteroatoms. The number of hydrogen-bond donors (Lipinski definition) is 1. The zero-order chi connectivity index (χ0) is 10.8. The van der Waals surface area contributed by atoms with Crippen LogP contribution in [0.25, 0.3) is 0 Å². The van der Waals surface area contributed by atoms with Crippen molar-refractivity contribution in [2.45, 2.75) is 16.3 Å². The van der Waals surface area contributed by atoms with E-state index in [4.69, 9.17) is 17.3 Å². The van der Waals surface area contributed by atoms with Gasteiger partial charge in [0.2, 0.25) is 0 Å². The minimum atomic E-state index is 0.274. The predicted molar refractivity (Wildman–Crippen MR) is 60.2 cm³/mol. The molecule has 0 unspecified atom stereocenters. The summed E-state index contributed by atoms with van der Waals surface area (Å²) in [5.74, 6) is 0.274. The highest BCUT2D eigenvalue weighted by Crippen LogP contribution is 2.34. The number of hydrogen-bond acceptors (Lipinski definition) is 7. The molecule has 0 amide bonds. The largest absolute Gasteiger partial charge is 0.382 e. The van der Waals surface area contributed by atoms with Gasteiger partial charge >= 0.3 is 0 Å². The standard InChI is InChI=1S/C7H6ClN5S2/c1-3-12-13-7(14-3)15-6-4(8)5(9)10-2-11-6/h2H,1H3,(H2,9,10,11). The molecule has 2 aromatic heterocycles. The van der Waals surface area contributed by atoms with E-state index in [2.05, 4.69) is 20.2 Å². The van der Waals surface area contributed by atoms with Crippen molar-refractivity contribution in [1.29, 1.82) is 0 Å². The van der Waals surface area contributed by atoms with Crippen molar-refractivity contribution in [2.24, 2.45) is 0 Å². The summed E-state index contributed by atoms with van der Waals surface area (Å²) in [5.41, 5.74) is 5.55. The van der Waals surface area contributed by atoms with E-state index in [9.17, 15) is 0 Å². The molecule has 0 atom stereocenters. The maximum Gasteiger partial charge on any atom is 0.180 e. The Bertz CT molecular complexity index is 486. The van der Waals surface area contributed by atoms with Crippen molar-refractivity contribution in [3.05, 3.63) is 16.4 Å². The summed E-state index contributed by atoms with van der Waals surface area (Å²) in [7, 11) is 0. The van der Waals surface area contributed by atoms with Gasteiger partial charge in [0.25, 0.3) is 0 Å². The predicted octanol–water partition coefficient (Wildman–Crippen LogP) is 2.02. The molecule has 0 aliphatic carbocycles. The lowest BCUT2D eigenvalue weighted by molar-refractivity contribution is 0.978. The minimum Gasteiger partial charge on any atom is -0.382 e. The Morgan fingerprint density at radius 3 is 2.87 bits per heavy atom. The van der Waals surface area contributed by atoms with Crippen molar-refractivity contribution < 1.29 is 0 Å². The Morgan fingerprint density at radius 2 is 2.20 bits per heavy atom. The van der Waals surface area contributed by atoms with Crippen molar-refractivity contribution in [2.75, 3.05) is 5.73 Å². The van der Waals surface area contributed by atoms with E-state index in [1.165, 1.54) is 29.4 Å². The number of nitrogens with zero attached hydrogens (tertiary/aromatic N) is 4. The molecule has 0 saturated carbocycles.